The van der Waals surface area contributed by atoms with Gasteiger partial charge in [0.2, 0.25) is 17.7 Å². The van der Waals surface area contributed by atoms with E-state index in [1.807, 2.05) is 49.6 Å². The first-order valence-electron chi connectivity index (χ1n) is 9.41. The number of rotatable bonds is 6. The quantitative estimate of drug-likeness (QED) is 0.784. The van der Waals surface area contributed by atoms with Crippen molar-refractivity contribution in [3.8, 4) is 0 Å². The molecular weight excluding hydrogens is 374 g/mol. The number of benzene rings is 1. The summed E-state index contributed by atoms with van der Waals surface area (Å²) in [4.78, 5) is 40.0. The predicted molar refractivity (Wildman–Crippen MR) is 110 cm³/mol. The average Bonchev–Trinajstić information content (AvgIpc) is 3.34. The lowest BCUT2D eigenvalue weighted by Gasteiger charge is -2.23. The lowest BCUT2D eigenvalue weighted by molar-refractivity contribution is -0.138. The second-order valence-corrected chi connectivity index (χ2v) is 8.07. The summed E-state index contributed by atoms with van der Waals surface area (Å²) >= 11 is 1.54. The third-order valence-electron chi connectivity index (χ3n) is 4.95. The van der Waals surface area contributed by atoms with Gasteiger partial charge >= 0.3 is 0 Å². The third kappa shape index (κ3) is 4.78. The van der Waals surface area contributed by atoms with Crippen molar-refractivity contribution in [3.63, 3.8) is 0 Å². The van der Waals surface area contributed by atoms with Crippen LogP contribution < -0.4 is 10.6 Å². The number of carbonyl (C=O) groups is 3. The van der Waals surface area contributed by atoms with Crippen LogP contribution in [0.3, 0.4) is 0 Å². The first-order chi connectivity index (χ1) is 13.5. The molecule has 2 heterocycles. The number of nitrogens with one attached hydrogen (secondary N) is 2. The number of amides is 3. The Kier molecular flexibility index (Phi) is 6.46. The summed E-state index contributed by atoms with van der Waals surface area (Å²) in [7, 11) is 0. The Labute approximate surface area is 168 Å². The molecule has 28 heavy (non-hydrogen) atoms. The highest BCUT2D eigenvalue weighted by molar-refractivity contribution is 7.10. The van der Waals surface area contributed by atoms with Crippen molar-refractivity contribution in [1.82, 2.24) is 10.2 Å². The largest absolute Gasteiger partial charge is 0.345 e. The Hall–Kier alpha value is -2.67. The minimum Gasteiger partial charge on any atom is -0.345 e. The van der Waals surface area contributed by atoms with Crippen LogP contribution in [-0.2, 0) is 20.8 Å². The number of likely N-dealkylation sites (tertiary alicyclic amines) is 1. The SMILES string of the molecule is Cc1cccc(C)c1NC(=O)CNC(=O)C1CCCN1C(=O)Cc1cccs1. The number of carbonyl (C=O) groups excluding carboxylic acids is 3. The summed E-state index contributed by atoms with van der Waals surface area (Å²) in [5, 5.41) is 7.48. The molecule has 1 fully saturated rings. The molecule has 1 unspecified atom stereocenters. The van der Waals surface area contributed by atoms with E-state index >= 15 is 0 Å². The van der Waals surface area contributed by atoms with Crippen molar-refractivity contribution >= 4 is 34.7 Å². The van der Waals surface area contributed by atoms with Crippen LogP contribution in [0.1, 0.15) is 28.8 Å². The summed E-state index contributed by atoms with van der Waals surface area (Å²) in [5.74, 6) is -0.589. The molecule has 1 aliphatic heterocycles. The van der Waals surface area contributed by atoms with E-state index in [9.17, 15) is 14.4 Å². The van der Waals surface area contributed by atoms with Crippen molar-refractivity contribution in [2.24, 2.45) is 0 Å². The minimum atomic E-state index is -0.500. The van der Waals surface area contributed by atoms with Gasteiger partial charge in [0.25, 0.3) is 0 Å². The van der Waals surface area contributed by atoms with Crippen LogP contribution in [-0.4, -0.2) is 41.8 Å². The number of nitrogens with zero attached hydrogens (tertiary/aromatic N) is 1. The Balaban J connectivity index is 1.53. The van der Waals surface area contributed by atoms with E-state index in [2.05, 4.69) is 10.6 Å². The number of hydrogen-bond acceptors (Lipinski definition) is 4. The molecule has 2 N–H and O–H groups in total. The molecule has 0 bridgehead atoms. The molecule has 1 aromatic carbocycles. The highest BCUT2D eigenvalue weighted by atomic mass is 32.1. The van der Waals surface area contributed by atoms with Crippen LogP contribution in [0.5, 0.6) is 0 Å². The molecule has 2 aromatic rings. The molecule has 0 spiro atoms. The highest BCUT2D eigenvalue weighted by Crippen LogP contribution is 2.21. The van der Waals surface area contributed by atoms with Crippen molar-refractivity contribution < 1.29 is 14.4 Å². The molecule has 148 valence electrons. The van der Waals surface area contributed by atoms with E-state index in [4.69, 9.17) is 0 Å². The predicted octanol–water partition coefficient (Wildman–Crippen LogP) is 2.65. The Morgan fingerprint density at radius 1 is 1.14 bits per heavy atom. The van der Waals surface area contributed by atoms with Crippen LogP contribution >= 0.6 is 11.3 Å². The summed E-state index contributed by atoms with van der Waals surface area (Å²) in [6, 6.07) is 9.12. The van der Waals surface area contributed by atoms with Gasteiger partial charge in [0.1, 0.15) is 6.04 Å². The van der Waals surface area contributed by atoms with Crippen molar-refractivity contribution in [2.45, 2.75) is 39.2 Å². The van der Waals surface area contributed by atoms with Crippen molar-refractivity contribution in [1.29, 1.82) is 0 Å². The van der Waals surface area contributed by atoms with E-state index in [0.717, 1.165) is 28.1 Å². The van der Waals surface area contributed by atoms with E-state index in [1.165, 1.54) is 11.3 Å². The van der Waals surface area contributed by atoms with Gasteiger partial charge in [0, 0.05) is 17.1 Å². The molecule has 0 aliphatic carbocycles. The average molecular weight is 400 g/mol. The Morgan fingerprint density at radius 2 is 1.89 bits per heavy atom. The van der Waals surface area contributed by atoms with Crippen LogP contribution in [0.2, 0.25) is 0 Å². The van der Waals surface area contributed by atoms with Crippen molar-refractivity contribution in [2.75, 3.05) is 18.4 Å². The van der Waals surface area contributed by atoms with Crippen molar-refractivity contribution in [3.05, 3.63) is 51.7 Å². The normalized spacial score (nSPS) is 16.1. The van der Waals surface area contributed by atoms with Gasteiger partial charge < -0.3 is 15.5 Å². The fraction of sp³-hybridized carbons (Fsp3) is 0.381. The standard InChI is InChI=1S/C21H25N3O3S/c1-14-6-3-7-15(2)20(14)23-18(25)13-22-21(27)17-9-4-10-24(17)19(26)12-16-8-5-11-28-16/h3,5-8,11,17H,4,9-10,12-13H2,1-2H3,(H,22,27)(H,23,25). The van der Waals surface area contributed by atoms with Gasteiger partial charge in [-0.15, -0.1) is 11.3 Å². The summed E-state index contributed by atoms with van der Waals surface area (Å²) in [6.07, 6.45) is 1.73. The maximum Gasteiger partial charge on any atom is 0.243 e. The smallest absolute Gasteiger partial charge is 0.243 e. The zero-order chi connectivity index (χ0) is 20.1. The number of anilines is 1. The van der Waals surface area contributed by atoms with E-state index < -0.39 is 6.04 Å². The molecule has 1 aromatic heterocycles. The van der Waals surface area contributed by atoms with E-state index in [1.54, 1.807) is 4.90 Å². The second-order valence-electron chi connectivity index (χ2n) is 7.03. The maximum atomic E-state index is 12.6. The molecule has 6 nitrogen and oxygen atoms in total. The first kappa shape index (κ1) is 20.1. The first-order valence-corrected chi connectivity index (χ1v) is 10.3. The zero-order valence-electron chi connectivity index (χ0n) is 16.2. The number of para-hydroxylation sites is 1. The molecule has 3 amide bonds. The minimum absolute atomic E-state index is 0.0416. The fourth-order valence-corrected chi connectivity index (χ4v) is 4.18. The molecule has 3 rings (SSSR count). The molecule has 1 atom stereocenters. The number of thiophene rings is 1. The van der Waals surface area contributed by atoms with Gasteiger partial charge in [-0.2, -0.15) is 0 Å². The summed E-state index contributed by atoms with van der Waals surface area (Å²) < 4.78 is 0. The Morgan fingerprint density at radius 3 is 2.57 bits per heavy atom. The summed E-state index contributed by atoms with van der Waals surface area (Å²) in [5.41, 5.74) is 2.72. The lowest BCUT2D eigenvalue weighted by Crippen LogP contribution is -2.48. The molecule has 0 saturated carbocycles. The number of hydrogen-bond donors (Lipinski definition) is 2. The van der Waals surface area contributed by atoms with Crippen LogP contribution in [0.25, 0.3) is 0 Å². The second kappa shape index (κ2) is 9.01. The lowest BCUT2D eigenvalue weighted by atomic mass is 10.1. The van der Waals surface area contributed by atoms with Gasteiger partial charge in [-0.25, -0.2) is 0 Å². The monoisotopic (exact) mass is 399 g/mol. The van der Waals surface area contributed by atoms with E-state index in [-0.39, 0.29) is 24.3 Å². The number of aryl methyl sites for hydroxylation is 2. The topological polar surface area (TPSA) is 78.5 Å². The zero-order valence-corrected chi connectivity index (χ0v) is 17.0. The maximum absolute atomic E-state index is 12.6. The van der Waals surface area contributed by atoms with Gasteiger partial charge in [-0.1, -0.05) is 24.3 Å². The van der Waals surface area contributed by atoms with Crippen LogP contribution in [0.15, 0.2) is 35.7 Å². The fourth-order valence-electron chi connectivity index (χ4n) is 3.48. The third-order valence-corrected chi connectivity index (χ3v) is 5.83. The Bertz CT molecular complexity index is 844. The van der Waals surface area contributed by atoms with E-state index in [0.29, 0.717) is 19.4 Å². The van der Waals surface area contributed by atoms with Crippen LogP contribution in [0.4, 0.5) is 5.69 Å². The highest BCUT2D eigenvalue weighted by Gasteiger charge is 2.34. The molecule has 1 saturated heterocycles. The molecule has 0 radical (unpaired) electrons. The van der Waals surface area contributed by atoms with Crippen LogP contribution in [0, 0.1) is 13.8 Å². The molecule has 1 aliphatic rings. The molecular formula is C21H25N3O3S. The van der Waals surface area contributed by atoms with Gasteiger partial charge in [0.15, 0.2) is 0 Å². The van der Waals surface area contributed by atoms with Gasteiger partial charge in [-0.05, 0) is 49.3 Å². The van der Waals surface area contributed by atoms with Gasteiger partial charge in [0.05, 0.1) is 13.0 Å². The summed E-state index contributed by atoms with van der Waals surface area (Å²) in [6.45, 7) is 4.32. The molecule has 7 heteroatoms. The van der Waals surface area contributed by atoms with Gasteiger partial charge in [-0.3, -0.25) is 14.4 Å².